The number of hydroxylamine groups is 2. The molecule has 0 saturated heterocycles. The van der Waals surface area contributed by atoms with E-state index in [9.17, 15) is 14.4 Å². The molecule has 1 atom stereocenters. The zero-order valence-electron chi connectivity index (χ0n) is 13.7. The number of rotatable bonds is 4. The van der Waals surface area contributed by atoms with Crippen LogP contribution in [0.5, 0.6) is 17.2 Å². The number of hydrogen-bond acceptors (Lipinski definition) is 4. The first kappa shape index (κ1) is 18.1. The molecule has 0 aliphatic carbocycles. The van der Waals surface area contributed by atoms with Gasteiger partial charge < -0.3 is 15.2 Å². The normalized spacial score (nSPS) is 11.0. The molecule has 0 spiro atoms. The standard InChI is InChI=1S/C18H17FN2O4/c1-12(21(23)18(20)22)3-4-13-11-16(9-10-17(13)24-2)25-15-7-5-14(19)6-8-15/h5-12,23H,1-2H3,(H2,20,22). The van der Waals surface area contributed by atoms with Crippen LogP contribution in [0.2, 0.25) is 0 Å². The molecule has 25 heavy (non-hydrogen) atoms. The van der Waals surface area contributed by atoms with Crippen molar-refractivity contribution in [2.45, 2.75) is 13.0 Å². The lowest BCUT2D eigenvalue weighted by Gasteiger charge is -2.14. The average Bonchev–Trinajstić information content (AvgIpc) is 2.61. The Morgan fingerprint density at radius 3 is 2.48 bits per heavy atom. The lowest BCUT2D eigenvalue weighted by Crippen LogP contribution is -2.38. The summed E-state index contributed by atoms with van der Waals surface area (Å²) >= 11 is 0. The van der Waals surface area contributed by atoms with Gasteiger partial charge in [0, 0.05) is 6.07 Å². The number of hydrogen-bond donors (Lipinski definition) is 2. The maximum atomic E-state index is 12.9. The lowest BCUT2D eigenvalue weighted by atomic mass is 10.1. The fraction of sp³-hybridized carbons (Fsp3) is 0.167. The maximum Gasteiger partial charge on any atom is 0.339 e. The number of ether oxygens (including phenoxy) is 2. The second kappa shape index (κ2) is 8.04. The molecule has 2 aromatic rings. The summed E-state index contributed by atoms with van der Waals surface area (Å²) in [6.45, 7) is 1.52. The predicted octanol–water partition coefficient (Wildman–Crippen LogP) is 3.14. The smallest absolute Gasteiger partial charge is 0.339 e. The molecule has 1 unspecified atom stereocenters. The molecule has 2 aromatic carbocycles. The van der Waals surface area contributed by atoms with Crippen LogP contribution < -0.4 is 15.2 Å². The minimum absolute atomic E-state index is 0.332. The molecule has 0 radical (unpaired) electrons. The first-order valence-corrected chi connectivity index (χ1v) is 7.31. The van der Waals surface area contributed by atoms with E-state index in [4.69, 9.17) is 15.2 Å². The first-order chi connectivity index (χ1) is 11.9. The van der Waals surface area contributed by atoms with Gasteiger partial charge in [0.2, 0.25) is 0 Å². The van der Waals surface area contributed by atoms with Gasteiger partial charge in [0.25, 0.3) is 0 Å². The molecular formula is C18H17FN2O4. The van der Waals surface area contributed by atoms with E-state index in [-0.39, 0.29) is 5.82 Å². The fourth-order valence-corrected chi connectivity index (χ4v) is 1.92. The van der Waals surface area contributed by atoms with E-state index < -0.39 is 12.1 Å². The zero-order chi connectivity index (χ0) is 18.4. The number of urea groups is 1. The molecule has 2 rings (SSSR count). The number of primary amides is 1. The van der Waals surface area contributed by atoms with Crippen molar-refractivity contribution in [1.29, 1.82) is 0 Å². The number of carbonyl (C=O) groups excluding carboxylic acids is 1. The van der Waals surface area contributed by atoms with Gasteiger partial charge in [0.15, 0.2) is 0 Å². The monoisotopic (exact) mass is 344 g/mol. The highest BCUT2D eigenvalue weighted by atomic mass is 19.1. The highest BCUT2D eigenvalue weighted by Gasteiger charge is 2.12. The minimum atomic E-state index is -0.998. The molecule has 7 heteroatoms. The van der Waals surface area contributed by atoms with Crippen molar-refractivity contribution in [3.8, 4) is 29.1 Å². The highest BCUT2D eigenvalue weighted by Crippen LogP contribution is 2.27. The summed E-state index contributed by atoms with van der Waals surface area (Å²) in [7, 11) is 1.49. The third-order valence-corrected chi connectivity index (χ3v) is 3.23. The molecule has 2 amide bonds. The van der Waals surface area contributed by atoms with Crippen LogP contribution in [-0.2, 0) is 0 Å². The van der Waals surface area contributed by atoms with E-state index >= 15 is 0 Å². The Bertz CT molecular complexity index is 812. The molecular weight excluding hydrogens is 327 g/mol. The molecule has 0 saturated carbocycles. The fourth-order valence-electron chi connectivity index (χ4n) is 1.92. The van der Waals surface area contributed by atoms with Gasteiger partial charge in [0.1, 0.15) is 29.1 Å². The Balaban J connectivity index is 2.25. The van der Waals surface area contributed by atoms with Gasteiger partial charge >= 0.3 is 6.03 Å². The average molecular weight is 344 g/mol. The Labute approximate surface area is 144 Å². The minimum Gasteiger partial charge on any atom is -0.495 e. The van der Waals surface area contributed by atoms with Crippen LogP contribution in [0.25, 0.3) is 0 Å². The molecule has 130 valence electrons. The quantitative estimate of drug-likeness (QED) is 0.507. The molecule has 0 fully saturated rings. The Kier molecular flexibility index (Phi) is 5.82. The second-order valence-corrected chi connectivity index (χ2v) is 5.05. The van der Waals surface area contributed by atoms with E-state index in [0.29, 0.717) is 27.9 Å². The number of nitrogens with two attached hydrogens (primary N) is 1. The first-order valence-electron chi connectivity index (χ1n) is 7.31. The summed E-state index contributed by atoms with van der Waals surface area (Å²) in [5.74, 6) is 6.58. The van der Waals surface area contributed by atoms with Crippen molar-refractivity contribution >= 4 is 6.03 Å². The number of carbonyl (C=O) groups is 1. The largest absolute Gasteiger partial charge is 0.495 e. The SMILES string of the molecule is COc1ccc(Oc2ccc(F)cc2)cc1C#CC(C)N(O)C(N)=O. The Hall–Kier alpha value is -3.24. The van der Waals surface area contributed by atoms with Crippen molar-refractivity contribution < 1.29 is 23.9 Å². The van der Waals surface area contributed by atoms with Crippen LogP contribution in [0, 0.1) is 17.7 Å². The van der Waals surface area contributed by atoms with Crippen LogP contribution in [0.4, 0.5) is 9.18 Å². The van der Waals surface area contributed by atoms with Gasteiger partial charge in [-0.25, -0.2) is 9.18 Å². The highest BCUT2D eigenvalue weighted by molar-refractivity contribution is 5.71. The summed E-state index contributed by atoms with van der Waals surface area (Å²) in [5, 5.41) is 9.77. The van der Waals surface area contributed by atoms with E-state index in [1.54, 1.807) is 18.2 Å². The zero-order valence-corrected chi connectivity index (χ0v) is 13.7. The Morgan fingerprint density at radius 1 is 1.24 bits per heavy atom. The Morgan fingerprint density at radius 2 is 1.88 bits per heavy atom. The van der Waals surface area contributed by atoms with Gasteiger partial charge in [-0.1, -0.05) is 11.8 Å². The van der Waals surface area contributed by atoms with Crippen LogP contribution in [-0.4, -0.2) is 29.5 Å². The molecule has 0 aliphatic rings. The summed E-state index contributed by atoms with van der Waals surface area (Å²) in [6.07, 6.45) is 0. The van der Waals surface area contributed by atoms with E-state index in [1.807, 2.05) is 0 Å². The van der Waals surface area contributed by atoms with Crippen molar-refractivity contribution in [2.24, 2.45) is 5.73 Å². The predicted molar refractivity (Wildman–Crippen MR) is 89.0 cm³/mol. The molecule has 0 heterocycles. The number of halogens is 1. The number of nitrogens with zero attached hydrogens (tertiary/aromatic N) is 1. The van der Waals surface area contributed by atoms with Crippen LogP contribution in [0.1, 0.15) is 12.5 Å². The summed E-state index contributed by atoms with van der Waals surface area (Å²) in [6, 6.07) is 8.77. The molecule has 0 aromatic heterocycles. The molecule has 3 N–H and O–H groups in total. The number of amides is 2. The van der Waals surface area contributed by atoms with E-state index in [2.05, 4.69) is 11.8 Å². The van der Waals surface area contributed by atoms with Gasteiger partial charge in [-0.2, -0.15) is 5.06 Å². The van der Waals surface area contributed by atoms with Gasteiger partial charge in [-0.15, -0.1) is 0 Å². The lowest BCUT2D eigenvalue weighted by molar-refractivity contribution is -0.0536. The van der Waals surface area contributed by atoms with Crippen molar-refractivity contribution in [3.63, 3.8) is 0 Å². The van der Waals surface area contributed by atoms with Crippen LogP contribution in [0.15, 0.2) is 42.5 Å². The topological polar surface area (TPSA) is 85.0 Å². The van der Waals surface area contributed by atoms with Gasteiger partial charge in [-0.05, 0) is 43.3 Å². The van der Waals surface area contributed by atoms with E-state index in [0.717, 1.165) is 0 Å². The van der Waals surface area contributed by atoms with Gasteiger partial charge in [-0.3, -0.25) is 5.21 Å². The van der Waals surface area contributed by atoms with Crippen molar-refractivity contribution in [1.82, 2.24) is 5.06 Å². The van der Waals surface area contributed by atoms with E-state index in [1.165, 1.54) is 38.3 Å². The second-order valence-electron chi connectivity index (χ2n) is 5.05. The third kappa shape index (κ3) is 4.86. The van der Waals surface area contributed by atoms with Crippen LogP contribution in [0.3, 0.4) is 0 Å². The van der Waals surface area contributed by atoms with Crippen molar-refractivity contribution in [2.75, 3.05) is 7.11 Å². The molecule has 0 bridgehead atoms. The molecule has 0 aliphatic heterocycles. The summed E-state index contributed by atoms with van der Waals surface area (Å²) in [4.78, 5) is 10.9. The number of benzene rings is 2. The number of methoxy groups -OCH3 is 1. The van der Waals surface area contributed by atoms with Crippen molar-refractivity contribution in [3.05, 3.63) is 53.8 Å². The van der Waals surface area contributed by atoms with Gasteiger partial charge in [0.05, 0.1) is 12.7 Å². The molecule has 6 nitrogen and oxygen atoms in total. The third-order valence-electron chi connectivity index (χ3n) is 3.23. The van der Waals surface area contributed by atoms with Crippen LogP contribution >= 0.6 is 0 Å². The maximum absolute atomic E-state index is 12.9. The summed E-state index contributed by atoms with van der Waals surface area (Å²) < 4.78 is 23.8. The summed E-state index contributed by atoms with van der Waals surface area (Å²) in [5.41, 5.74) is 5.47.